The maximum Gasteiger partial charge on any atom is 0.340 e. The number of halogens is 1. The summed E-state index contributed by atoms with van der Waals surface area (Å²) in [7, 11) is 0.148. The lowest BCUT2D eigenvalue weighted by Crippen LogP contribution is -2.40. The lowest BCUT2D eigenvalue weighted by Gasteiger charge is -2.26. The fourth-order valence-corrected chi connectivity index (χ4v) is 4.86. The summed E-state index contributed by atoms with van der Waals surface area (Å²) >= 11 is 6.20. The summed E-state index contributed by atoms with van der Waals surface area (Å²) in [6.07, 6.45) is 0. The van der Waals surface area contributed by atoms with E-state index in [2.05, 4.69) is 5.32 Å². The molecule has 0 aliphatic carbocycles. The molecule has 2 aromatic carbocycles. The monoisotopic (exact) mass is 498 g/mol. The molecule has 0 bridgehead atoms. The molecule has 1 aliphatic heterocycles. The van der Waals surface area contributed by atoms with Crippen molar-refractivity contribution in [2.75, 3.05) is 52.9 Å². The quantitative estimate of drug-likeness (QED) is 0.578. The Morgan fingerprint density at radius 2 is 1.64 bits per heavy atom. The van der Waals surface area contributed by atoms with Crippen LogP contribution in [0, 0.1) is 0 Å². The Morgan fingerprint density at radius 3 is 2.24 bits per heavy atom. The Bertz CT molecular complexity index is 1160. The minimum Gasteiger partial charge on any atom is -0.493 e. The Hall–Kier alpha value is -2.86. The van der Waals surface area contributed by atoms with Crippen molar-refractivity contribution in [1.82, 2.24) is 4.31 Å². The number of nitrogens with one attached hydrogen (secondary N) is 1. The predicted octanol–water partition coefficient (Wildman–Crippen LogP) is 2.42. The maximum atomic E-state index is 13.1. The summed E-state index contributed by atoms with van der Waals surface area (Å²) in [4.78, 5) is 25.2. The fourth-order valence-electron chi connectivity index (χ4n) is 3.23. The van der Waals surface area contributed by atoms with Gasteiger partial charge in [-0.1, -0.05) is 11.6 Å². The third-order valence-corrected chi connectivity index (χ3v) is 7.19. The van der Waals surface area contributed by atoms with Gasteiger partial charge in [0.1, 0.15) is 0 Å². The molecule has 12 heteroatoms. The maximum absolute atomic E-state index is 13.1. The second-order valence-corrected chi connectivity index (χ2v) is 9.20. The Labute approximate surface area is 196 Å². The minimum atomic E-state index is -3.85. The molecule has 1 aliphatic rings. The number of methoxy groups -OCH3 is 3. The van der Waals surface area contributed by atoms with Gasteiger partial charge in [0.25, 0.3) is 5.91 Å². The zero-order valence-electron chi connectivity index (χ0n) is 18.2. The smallest absolute Gasteiger partial charge is 0.340 e. The fraction of sp³-hybridized carbons (Fsp3) is 0.333. The molecule has 1 saturated heterocycles. The molecule has 33 heavy (non-hydrogen) atoms. The molecule has 3 rings (SSSR count). The first-order valence-corrected chi connectivity index (χ1v) is 11.6. The zero-order valence-corrected chi connectivity index (χ0v) is 19.8. The first-order valence-electron chi connectivity index (χ1n) is 9.76. The third-order valence-electron chi connectivity index (χ3n) is 4.97. The molecule has 1 fully saturated rings. The third kappa shape index (κ3) is 5.22. The van der Waals surface area contributed by atoms with E-state index in [4.69, 9.17) is 30.5 Å². The number of rotatable bonds is 7. The van der Waals surface area contributed by atoms with Crippen LogP contribution in [0.1, 0.15) is 20.7 Å². The van der Waals surface area contributed by atoms with E-state index >= 15 is 0 Å². The summed E-state index contributed by atoms with van der Waals surface area (Å²) in [6, 6.07) is 6.62. The summed E-state index contributed by atoms with van der Waals surface area (Å²) in [5, 5.41) is 2.61. The number of esters is 1. The number of hydrogen-bond donors (Lipinski definition) is 1. The van der Waals surface area contributed by atoms with Crippen LogP contribution in [-0.2, 0) is 19.5 Å². The number of sulfonamides is 1. The second-order valence-electron chi connectivity index (χ2n) is 6.86. The lowest BCUT2D eigenvalue weighted by atomic mass is 10.1. The van der Waals surface area contributed by atoms with Crippen LogP contribution in [-0.4, -0.2) is 72.2 Å². The highest BCUT2D eigenvalue weighted by Gasteiger charge is 2.28. The number of hydrogen-bond acceptors (Lipinski definition) is 8. The predicted molar refractivity (Wildman–Crippen MR) is 120 cm³/mol. The average molecular weight is 499 g/mol. The molecule has 178 valence electrons. The van der Waals surface area contributed by atoms with Gasteiger partial charge in [-0.3, -0.25) is 4.79 Å². The van der Waals surface area contributed by atoms with Crippen LogP contribution in [0.25, 0.3) is 0 Å². The van der Waals surface area contributed by atoms with Crippen molar-refractivity contribution in [3.05, 3.63) is 46.5 Å². The largest absolute Gasteiger partial charge is 0.493 e. The van der Waals surface area contributed by atoms with Crippen molar-refractivity contribution in [3.63, 3.8) is 0 Å². The van der Waals surface area contributed by atoms with Crippen molar-refractivity contribution >= 4 is 39.2 Å². The topological polar surface area (TPSA) is 120 Å². The zero-order chi connectivity index (χ0) is 24.2. The summed E-state index contributed by atoms with van der Waals surface area (Å²) in [5.41, 5.74) is -0.00433. The van der Waals surface area contributed by atoms with Crippen LogP contribution >= 0.6 is 11.6 Å². The van der Waals surface area contributed by atoms with Crippen molar-refractivity contribution in [3.8, 4) is 11.5 Å². The van der Waals surface area contributed by atoms with E-state index in [-0.39, 0.29) is 64.5 Å². The molecule has 10 nitrogen and oxygen atoms in total. The molecule has 1 heterocycles. The number of nitrogens with zero attached hydrogens (tertiary/aromatic N) is 1. The van der Waals surface area contributed by atoms with Crippen LogP contribution in [0.2, 0.25) is 5.02 Å². The molecular formula is C21H23ClN2O8S. The molecule has 0 saturated carbocycles. The van der Waals surface area contributed by atoms with Gasteiger partial charge in [-0.2, -0.15) is 4.31 Å². The molecule has 0 spiro atoms. The molecule has 0 atom stereocenters. The standard InChI is InChI=1S/C21H23ClN2O8S/c1-29-18-11-15(21(26)31-3)17(12-19(18)30-2)23-20(25)14-10-13(4-5-16(14)22)33(27,28)24-6-8-32-9-7-24/h4-5,10-12H,6-9H2,1-3H3,(H,23,25). The van der Waals surface area contributed by atoms with Crippen LogP contribution in [0.3, 0.4) is 0 Å². The van der Waals surface area contributed by atoms with E-state index in [9.17, 15) is 18.0 Å². The van der Waals surface area contributed by atoms with E-state index in [1.165, 1.54) is 56.0 Å². The van der Waals surface area contributed by atoms with Crippen molar-refractivity contribution in [1.29, 1.82) is 0 Å². The molecule has 2 aromatic rings. The van der Waals surface area contributed by atoms with Crippen molar-refractivity contribution in [2.45, 2.75) is 4.90 Å². The van der Waals surface area contributed by atoms with Crippen LogP contribution in [0.15, 0.2) is 35.2 Å². The highest BCUT2D eigenvalue weighted by molar-refractivity contribution is 7.89. The van der Waals surface area contributed by atoms with E-state index in [1.807, 2.05) is 0 Å². The molecular weight excluding hydrogens is 476 g/mol. The second kappa shape index (κ2) is 10.4. The highest BCUT2D eigenvalue weighted by atomic mass is 35.5. The summed E-state index contributed by atoms with van der Waals surface area (Å²) in [5.74, 6) is -0.930. The number of amides is 1. The molecule has 0 unspecified atom stereocenters. The number of ether oxygens (including phenoxy) is 4. The average Bonchev–Trinajstić information content (AvgIpc) is 2.83. The van der Waals surface area contributed by atoms with Gasteiger partial charge in [0.2, 0.25) is 10.0 Å². The van der Waals surface area contributed by atoms with Gasteiger partial charge in [0, 0.05) is 25.2 Å². The lowest BCUT2D eigenvalue weighted by molar-refractivity contribution is 0.0601. The number of anilines is 1. The van der Waals surface area contributed by atoms with E-state index in [0.717, 1.165) is 0 Å². The van der Waals surface area contributed by atoms with E-state index in [1.54, 1.807) is 0 Å². The Balaban J connectivity index is 1.98. The van der Waals surface area contributed by atoms with Crippen molar-refractivity contribution < 1.29 is 37.0 Å². The van der Waals surface area contributed by atoms with Crippen LogP contribution in [0.4, 0.5) is 5.69 Å². The van der Waals surface area contributed by atoms with Gasteiger partial charge in [0.05, 0.1) is 61.3 Å². The molecule has 0 radical (unpaired) electrons. The summed E-state index contributed by atoms with van der Waals surface area (Å²) < 4.78 is 47.7. The van der Waals surface area contributed by atoms with Crippen LogP contribution in [0.5, 0.6) is 11.5 Å². The van der Waals surface area contributed by atoms with E-state index in [0.29, 0.717) is 0 Å². The SMILES string of the molecule is COC(=O)c1cc(OC)c(OC)cc1NC(=O)c1cc(S(=O)(=O)N2CCOCC2)ccc1Cl. The van der Waals surface area contributed by atoms with Crippen molar-refractivity contribution in [2.24, 2.45) is 0 Å². The van der Waals surface area contributed by atoms with Gasteiger partial charge in [-0.25, -0.2) is 13.2 Å². The normalized spacial score (nSPS) is 14.4. The van der Waals surface area contributed by atoms with E-state index < -0.39 is 21.9 Å². The number of benzene rings is 2. The number of carbonyl (C=O) groups excluding carboxylic acids is 2. The van der Waals surface area contributed by atoms with Gasteiger partial charge < -0.3 is 24.3 Å². The molecule has 0 aromatic heterocycles. The highest BCUT2D eigenvalue weighted by Crippen LogP contribution is 2.34. The number of carbonyl (C=O) groups is 2. The van der Waals surface area contributed by atoms with Gasteiger partial charge in [-0.15, -0.1) is 0 Å². The number of morpholine rings is 1. The first kappa shape index (κ1) is 24.8. The van der Waals surface area contributed by atoms with Crippen LogP contribution < -0.4 is 14.8 Å². The first-order chi connectivity index (χ1) is 15.7. The summed E-state index contributed by atoms with van der Waals surface area (Å²) in [6.45, 7) is 0.993. The van der Waals surface area contributed by atoms with Gasteiger partial charge in [0.15, 0.2) is 11.5 Å². The molecule has 1 amide bonds. The van der Waals surface area contributed by atoms with Gasteiger partial charge in [-0.05, 0) is 18.2 Å². The Morgan fingerprint density at radius 1 is 1.00 bits per heavy atom. The minimum absolute atomic E-state index is 0.0108. The van der Waals surface area contributed by atoms with Gasteiger partial charge >= 0.3 is 5.97 Å². The Kier molecular flexibility index (Phi) is 7.80. The molecule has 1 N–H and O–H groups in total.